The van der Waals surface area contributed by atoms with Crippen molar-refractivity contribution >= 4 is 33.4 Å². The van der Waals surface area contributed by atoms with Crippen LogP contribution in [0.4, 0.5) is 0 Å². The quantitative estimate of drug-likeness (QED) is 0.514. The number of carbonyl (C=O) groups is 2. The molecule has 2 amide bonds. The highest BCUT2D eigenvalue weighted by atomic mass is 32.1. The Morgan fingerprint density at radius 1 is 1.03 bits per heavy atom. The van der Waals surface area contributed by atoms with Gasteiger partial charge in [-0.25, -0.2) is 4.79 Å². The molecule has 0 bridgehead atoms. The van der Waals surface area contributed by atoms with Gasteiger partial charge in [0.25, 0.3) is 5.56 Å². The van der Waals surface area contributed by atoms with Crippen LogP contribution < -0.4 is 21.3 Å². The molecular weight excluding hydrogens is 468 g/mol. The van der Waals surface area contributed by atoms with E-state index in [0.29, 0.717) is 29.1 Å². The highest BCUT2D eigenvalue weighted by molar-refractivity contribution is 7.17. The Kier molecular flexibility index (Phi) is 8.02. The maximum Gasteiger partial charge on any atom is 0.332 e. The molecule has 0 atom stereocenters. The highest BCUT2D eigenvalue weighted by Gasteiger charge is 2.21. The van der Waals surface area contributed by atoms with Gasteiger partial charge >= 0.3 is 5.69 Å². The van der Waals surface area contributed by atoms with E-state index in [1.54, 1.807) is 23.5 Å². The number of para-hydroxylation sites is 1. The number of fused-ring (bicyclic) bond motifs is 1. The fraction of sp³-hybridized carbons (Fsp3) is 0.440. The molecule has 186 valence electrons. The van der Waals surface area contributed by atoms with Crippen molar-refractivity contribution in [2.24, 2.45) is 0 Å². The minimum Gasteiger partial charge on any atom is -0.496 e. The SMILES string of the molecule is COc1ccccc1CNC(=O)CCn1c(=O)c2sccc2n(CC(=O)N2CCCCCC2)c1=O. The van der Waals surface area contributed by atoms with Gasteiger partial charge in [0.15, 0.2) is 0 Å². The van der Waals surface area contributed by atoms with Crippen molar-refractivity contribution in [3.8, 4) is 5.75 Å². The molecule has 1 N–H and O–H groups in total. The monoisotopic (exact) mass is 498 g/mol. The molecule has 9 nitrogen and oxygen atoms in total. The Bertz CT molecular complexity index is 1320. The van der Waals surface area contributed by atoms with Crippen LogP contribution >= 0.6 is 11.3 Å². The van der Waals surface area contributed by atoms with Gasteiger partial charge in [0, 0.05) is 38.2 Å². The van der Waals surface area contributed by atoms with Gasteiger partial charge in [0.2, 0.25) is 11.8 Å². The Hall–Kier alpha value is -3.40. The topological polar surface area (TPSA) is 103 Å². The van der Waals surface area contributed by atoms with Crippen LogP contribution in [0.1, 0.15) is 37.7 Å². The number of nitrogens with one attached hydrogen (secondary N) is 1. The minimum absolute atomic E-state index is 0.0404. The number of rotatable bonds is 8. The Labute approximate surface area is 206 Å². The first kappa shape index (κ1) is 24.7. The van der Waals surface area contributed by atoms with E-state index >= 15 is 0 Å². The molecule has 1 fully saturated rings. The Morgan fingerprint density at radius 2 is 1.77 bits per heavy atom. The first-order valence-electron chi connectivity index (χ1n) is 11.9. The second kappa shape index (κ2) is 11.4. The fourth-order valence-corrected chi connectivity index (χ4v) is 5.23. The number of hydrogen-bond donors (Lipinski definition) is 1. The maximum atomic E-state index is 13.3. The van der Waals surface area contributed by atoms with Crippen LogP contribution in [0, 0.1) is 0 Å². The summed E-state index contributed by atoms with van der Waals surface area (Å²) < 4.78 is 8.14. The van der Waals surface area contributed by atoms with Crippen molar-refractivity contribution in [2.75, 3.05) is 20.2 Å². The zero-order valence-corrected chi connectivity index (χ0v) is 20.6. The van der Waals surface area contributed by atoms with Crippen LogP contribution in [0.5, 0.6) is 5.75 Å². The summed E-state index contributed by atoms with van der Waals surface area (Å²) in [6, 6.07) is 9.07. The number of ether oxygens (including phenoxy) is 1. The number of nitrogens with zero attached hydrogens (tertiary/aromatic N) is 3. The number of hydrogen-bond acceptors (Lipinski definition) is 6. The van der Waals surface area contributed by atoms with Crippen LogP contribution in [0.2, 0.25) is 0 Å². The standard InChI is InChI=1S/C25H30N4O5S/c1-34-20-9-5-4-8-18(20)16-26-21(30)10-14-28-24(32)23-19(11-15-35-23)29(25(28)33)17-22(31)27-12-6-2-3-7-13-27/h4-5,8-9,11,15H,2-3,6-7,10,12-14,16-17H2,1H3,(H,26,30). The lowest BCUT2D eigenvalue weighted by Gasteiger charge is -2.21. The van der Waals surface area contributed by atoms with Crippen molar-refractivity contribution < 1.29 is 14.3 Å². The molecule has 2 aromatic heterocycles. The van der Waals surface area contributed by atoms with E-state index < -0.39 is 11.2 Å². The van der Waals surface area contributed by atoms with Gasteiger partial charge in [-0.2, -0.15) is 0 Å². The third-order valence-electron chi connectivity index (χ3n) is 6.32. The second-order valence-corrected chi connectivity index (χ2v) is 9.51. The van der Waals surface area contributed by atoms with Gasteiger partial charge in [-0.3, -0.25) is 23.5 Å². The second-order valence-electron chi connectivity index (χ2n) is 8.59. The number of methoxy groups -OCH3 is 1. The zero-order valence-electron chi connectivity index (χ0n) is 19.8. The average molecular weight is 499 g/mol. The van der Waals surface area contributed by atoms with E-state index in [1.165, 1.54) is 15.9 Å². The molecule has 0 aliphatic carbocycles. The molecule has 0 unspecified atom stereocenters. The van der Waals surface area contributed by atoms with Crippen LogP contribution in [0.15, 0.2) is 45.3 Å². The summed E-state index contributed by atoms with van der Waals surface area (Å²) in [7, 11) is 1.57. The molecule has 1 saturated heterocycles. The van der Waals surface area contributed by atoms with Gasteiger partial charge < -0.3 is 15.0 Å². The molecule has 4 rings (SSSR count). The van der Waals surface area contributed by atoms with Gasteiger partial charge in [0.05, 0.1) is 12.6 Å². The van der Waals surface area contributed by atoms with E-state index in [9.17, 15) is 19.2 Å². The van der Waals surface area contributed by atoms with Crippen molar-refractivity contribution in [2.45, 2.75) is 51.7 Å². The summed E-state index contributed by atoms with van der Waals surface area (Å²) in [6.07, 6.45) is 4.07. The molecule has 3 heterocycles. The lowest BCUT2D eigenvalue weighted by Crippen LogP contribution is -2.44. The van der Waals surface area contributed by atoms with Gasteiger partial charge in [-0.15, -0.1) is 11.3 Å². The summed E-state index contributed by atoms with van der Waals surface area (Å²) >= 11 is 1.23. The van der Waals surface area contributed by atoms with Crippen molar-refractivity contribution in [1.82, 2.24) is 19.4 Å². The molecular formula is C25H30N4O5S. The predicted octanol–water partition coefficient (Wildman–Crippen LogP) is 2.34. The largest absolute Gasteiger partial charge is 0.496 e. The maximum absolute atomic E-state index is 13.3. The zero-order chi connectivity index (χ0) is 24.8. The summed E-state index contributed by atoms with van der Waals surface area (Å²) in [6.45, 7) is 1.46. The number of thiophene rings is 1. The predicted molar refractivity (Wildman–Crippen MR) is 135 cm³/mol. The molecule has 0 radical (unpaired) electrons. The first-order chi connectivity index (χ1) is 17.0. The normalized spacial score (nSPS) is 14.0. The molecule has 1 aromatic carbocycles. The summed E-state index contributed by atoms with van der Waals surface area (Å²) in [5.41, 5.74) is 0.289. The van der Waals surface area contributed by atoms with Gasteiger partial charge in [-0.1, -0.05) is 31.0 Å². The van der Waals surface area contributed by atoms with Crippen LogP contribution in [-0.2, 0) is 29.2 Å². The molecule has 1 aliphatic heterocycles. The van der Waals surface area contributed by atoms with Gasteiger partial charge in [0.1, 0.15) is 17.0 Å². The third-order valence-corrected chi connectivity index (χ3v) is 7.21. The van der Waals surface area contributed by atoms with E-state index in [4.69, 9.17) is 4.74 Å². The fourth-order valence-electron chi connectivity index (χ4n) is 4.38. The summed E-state index contributed by atoms with van der Waals surface area (Å²) in [5.74, 6) is 0.256. The third kappa shape index (κ3) is 5.64. The van der Waals surface area contributed by atoms with Crippen molar-refractivity contribution in [3.63, 3.8) is 0 Å². The first-order valence-corrected chi connectivity index (χ1v) is 12.7. The molecule has 0 spiro atoms. The molecule has 1 aliphatic rings. The number of aromatic nitrogens is 2. The van der Waals surface area contributed by atoms with E-state index in [1.807, 2.05) is 24.3 Å². The van der Waals surface area contributed by atoms with Crippen molar-refractivity contribution in [3.05, 3.63) is 62.1 Å². The Balaban J connectivity index is 1.50. The molecule has 0 saturated carbocycles. The summed E-state index contributed by atoms with van der Waals surface area (Å²) in [4.78, 5) is 53.5. The lowest BCUT2D eigenvalue weighted by atomic mass is 10.2. The van der Waals surface area contributed by atoms with E-state index in [-0.39, 0.29) is 37.9 Å². The lowest BCUT2D eigenvalue weighted by molar-refractivity contribution is -0.131. The number of amides is 2. The highest BCUT2D eigenvalue weighted by Crippen LogP contribution is 2.18. The number of likely N-dealkylation sites (tertiary alicyclic amines) is 1. The molecule has 10 heteroatoms. The average Bonchev–Trinajstić information content (AvgIpc) is 3.20. The van der Waals surface area contributed by atoms with Gasteiger partial charge in [-0.05, 0) is 30.4 Å². The smallest absolute Gasteiger partial charge is 0.332 e. The van der Waals surface area contributed by atoms with Crippen LogP contribution in [-0.4, -0.2) is 46.0 Å². The van der Waals surface area contributed by atoms with Crippen LogP contribution in [0.3, 0.4) is 0 Å². The van der Waals surface area contributed by atoms with Crippen molar-refractivity contribution in [1.29, 1.82) is 0 Å². The molecule has 35 heavy (non-hydrogen) atoms. The van der Waals surface area contributed by atoms with E-state index in [0.717, 1.165) is 35.8 Å². The Morgan fingerprint density at radius 3 is 2.51 bits per heavy atom. The van der Waals surface area contributed by atoms with E-state index in [2.05, 4.69) is 5.32 Å². The minimum atomic E-state index is -0.568. The van der Waals surface area contributed by atoms with Crippen LogP contribution in [0.25, 0.3) is 10.2 Å². The number of carbonyl (C=O) groups excluding carboxylic acids is 2. The molecule has 3 aromatic rings. The summed E-state index contributed by atoms with van der Waals surface area (Å²) in [5, 5.41) is 4.55. The number of benzene rings is 1.